The second-order valence-electron chi connectivity index (χ2n) is 2.88. The standard InChI is InChI=1S/C9H9ClFNO2/c10-6-2-1-5(3-7(6)11)8(12)4-9(13)14/h1-3,8H,4,12H2,(H,13,14)/t8-/m0/s1. The van der Waals surface area contributed by atoms with Crippen LogP contribution in [0.4, 0.5) is 4.39 Å². The molecule has 0 spiro atoms. The predicted molar refractivity (Wildman–Crippen MR) is 50.6 cm³/mol. The third kappa shape index (κ3) is 2.68. The number of carboxylic acids is 1. The maximum atomic E-state index is 12.9. The molecule has 1 atom stereocenters. The molecule has 76 valence electrons. The number of aliphatic carboxylic acids is 1. The van der Waals surface area contributed by atoms with E-state index in [0.717, 1.165) is 6.07 Å². The van der Waals surface area contributed by atoms with Gasteiger partial charge in [-0.25, -0.2) is 4.39 Å². The molecule has 3 nitrogen and oxygen atoms in total. The number of halogens is 2. The molecule has 0 aliphatic rings. The van der Waals surface area contributed by atoms with Crippen molar-refractivity contribution in [3.8, 4) is 0 Å². The average molecular weight is 218 g/mol. The Bertz CT molecular complexity index is 357. The van der Waals surface area contributed by atoms with Gasteiger partial charge in [0.1, 0.15) is 5.82 Å². The molecule has 14 heavy (non-hydrogen) atoms. The molecule has 1 aromatic carbocycles. The third-order valence-electron chi connectivity index (χ3n) is 1.77. The molecule has 0 fully saturated rings. The van der Waals surface area contributed by atoms with Gasteiger partial charge >= 0.3 is 5.97 Å². The first kappa shape index (κ1) is 10.9. The van der Waals surface area contributed by atoms with Crippen molar-refractivity contribution in [3.05, 3.63) is 34.6 Å². The summed E-state index contributed by atoms with van der Waals surface area (Å²) < 4.78 is 12.9. The summed E-state index contributed by atoms with van der Waals surface area (Å²) in [4.78, 5) is 10.3. The molecular weight excluding hydrogens is 209 g/mol. The molecular formula is C9H9ClFNO2. The fourth-order valence-electron chi connectivity index (χ4n) is 1.05. The number of carboxylic acid groups (broad SMARTS) is 1. The van der Waals surface area contributed by atoms with E-state index in [1.165, 1.54) is 12.1 Å². The van der Waals surface area contributed by atoms with Crippen LogP contribution >= 0.6 is 11.6 Å². The van der Waals surface area contributed by atoms with Gasteiger partial charge in [-0.1, -0.05) is 17.7 Å². The third-order valence-corrected chi connectivity index (χ3v) is 2.07. The van der Waals surface area contributed by atoms with Crippen LogP contribution in [0.25, 0.3) is 0 Å². The average Bonchev–Trinajstić information content (AvgIpc) is 2.08. The molecule has 0 bridgehead atoms. The summed E-state index contributed by atoms with van der Waals surface area (Å²) in [6.45, 7) is 0. The molecule has 3 N–H and O–H groups in total. The van der Waals surface area contributed by atoms with Gasteiger partial charge in [0, 0.05) is 6.04 Å². The van der Waals surface area contributed by atoms with Crippen LogP contribution in [0.3, 0.4) is 0 Å². The zero-order valence-corrected chi connectivity index (χ0v) is 7.96. The zero-order chi connectivity index (χ0) is 10.7. The predicted octanol–water partition coefficient (Wildman–Crippen LogP) is 1.95. The van der Waals surface area contributed by atoms with Crippen molar-refractivity contribution in [3.63, 3.8) is 0 Å². The Morgan fingerprint density at radius 3 is 2.79 bits per heavy atom. The summed E-state index contributed by atoms with van der Waals surface area (Å²) in [5, 5.41) is 8.47. The van der Waals surface area contributed by atoms with E-state index in [-0.39, 0.29) is 11.4 Å². The molecule has 1 aromatic rings. The van der Waals surface area contributed by atoms with Gasteiger partial charge in [0.15, 0.2) is 0 Å². The van der Waals surface area contributed by atoms with E-state index < -0.39 is 17.8 Å². The molecule has 0 saturated heterocycles. The van der Waals surface area contributed by atoms with Gasteiger partial charge in [-0.3, -0.25) is 4.79 Å². The lowest BCUT2D eigenvalue weighted by Gasteiger charge is -2.09. The Morgan fingerprint density at radius 1 is 1.64 bits per heavy atom. The van der Waals surface area contributed by atoms with Crippen molar-refractivity contribution >= 4 is 17.6 Å². The van der Waals surface area contributed by atoms with Gasteiger partial charge in [0.05, 0.1) is 11.4 Å². The minimum absolute atomic E-state index is 0.00345. The normalized spacial score (nSPS) is 12.5. The highest BCUT2D eigenvalue weighted by molar-refractivity contribution is 6.30. The lowest BCUT2D eigenvalue weighted by molar-refractivity contribution is -0.137. The highest BCUT2D eigenvalue weighted by Gasteiger charge is 2.12. The first-order valence-corrected chi connectivity index (χ1v) is 4.31. The Morgan fingerprint density at radius 2 is 2.29 bits per heavy atom. The maximum absolute atomic E-state index is 12.9. The van der Waals surface area contributed by atoms with Crippen LogP contribution in [-0.4, -0.2) is 11.1 Å². The quantitative estimate of drug-likeness (QED) is 0.814. The Labute approximate surface area is 85.3 Å². The molecule has 0 aliphatic carbocycles. The molecule has 0 heterocycles. The first-order valence-electron chi connectivity index (χ1n) is 3.93. The van der Waals surface area contributed by atoms with Crippen molar-refractivity contribution in [1.29, 1.82) is 0 Å². The van der Waals surface area contributed by atoms with E-state index in [9.17, 15) is 9.18 Å². The Balaban J connectivity index is 2.85. The monoisotopic (exact) mass is 217 g/mol. The largest absolute Gasteiger partial charge is 0.481 e. The second kappa shape index (κ2) is 4.39. The number of hydrogen-bond donors (Lipinski definition) is 2. The summed E-state index contributed by atoms with van der Waals surface area (Å²) >= 11 is 5.46. The highest BCUT2D eigenvalue weighted by atomic mass is 35.5. The van der Waals surface area contributed by atoms with Crippen LogP contribution in [0.1, 0.15) is 18.0 Å². The molecule has 0 unspecified atom stereocenters. The van der Waals surface area contributed by atoms with Gasteiger partial charge in [0.2, 0.25) is 0 Å². The maximum Gasteiger partial charge on any atom is 0.305 e. The summed E-state index contributed by atoms with van der Waals surface area (Å²) in [6, 6.07) is 3.31. The molecule has 0 amide bonds. The van der Waals surface area contributed by atoms with E-state index >= 15 is 0 Å². The fraction of sp³-hybridized carbons (Fsp3) is 0.222. The van der Waals surface area contributed by atoms with E-state index in [0.29, 0.717) is 5.56 Å². The van der Waals surface area contributed by atoms with Gasteiger partial charge < -0.3 is 10.8 Å². The molecule has 0 radical (unpaired) electrons. The molecule has 0 aromatic heterocycles. The van der Waals surface area contributed by atoms with Crippen molar-refractivity contribution in [1.82, 2.24) is 0 Å². The second-order valence-corrected chi connectivity index (χ2v) is 3.29. The summed E-state index contributed by atoms with van der Waals surface area (Å²) in [7, 11) is 0. The number of hydrogen-bond acceptors (Lipinski definition) is 2. The van der Waals surface area contributed by atoms with Crippen molar-refractivity contribution in [2.45, 2.75) is 12.5 Å². The van der Waals surface area contributed by atoms with Gasteiger partial charge in [-0.15, -0.1) is 0 Å². The first-order chi connectivity index (χ1) is 6.50. The van der Waals surface area contributed by atoms with Crippen LogP contribution in [0, 0.1) is 5.82 Å². The number of rotatable bonds is 3. The molecule has 0 saturated carbocycles. The lowest BCUT2D eigenvalue weighted by atomic mass is 10.1. The SMILES string of the molecule is N[C@@H](CC(=O)O)c1ccc(Cl)c(F)c1. The summed E-state index contributed by atoms with van der Waals surface area (Å²) in [5.74, 6) is -1.61. The molecule has 1 rings (SSSR count). The van der Waals surface area contributed by atoms with Crippen molar-refractivity contribution < 1.29 is 14.3 Å². The zero-order valence-electron chi connectivity index (χ0n) is 7.21. The van der Waals surface area contributed by atoms with Crippen molar-refractivity contribution in [2.24, 2.45) is 5.73 Å². The fourth-order valence-corrected chi connectivity index (χ4v) is 1.17. The minimum Gasteiger partial charge on any atom is -0.481 e. The van der Waals surface area contributed by atoms with Crippen molar-refractivity contribution in [2.75, 3.05) is 0 Å². The Kier molecular flexibility index (Phi) is 3.43. The summed E-state index contributed by atoms with van der Waals surface area (Å²) in [6.07, 6.45) is -0.235. The van der Waals surface area contributed by atoms with Gasteiger partial charge in [-0.05, 0) is 17.7 Å². The topological polar surface area (TPSA) is 63.3 Å². The lowest BCUT2D eigenvalue weighted by Crippen LogP contribution is -2.15. The Hall–Kier alpha value is -1.13. The number of carbonyl (C=O) groups is 1. The van der Waals surface area contributed by atoms with Crippen LogP contribution < -0.4 is 5.73 Å². The van der Waals surface area contributed by atoms with Crippen LogP contribution in [0.15, 0.2) is 18.2 Å². The van der Waals surface area contributed by atoms with Gasteiger partial charge in [-0.2, -0.15) is 0 Å². The van der Waals surface area contributed by atoms with E-state index in [4.69, 9.17) is 22.4 Å². The number of benzene rings is 1. The van der Waals surface area contributed by atoms with Crippen LogP contribution in [-0.2, 0) is 4.79 Å². The van der Waals surface area contributed by atoms with E-state index in [1.54, 1.807) is 0 Å². The number of nitrogens with two attached hydrogens (primary N) is 1. The smallest absolute Gasteiger partial charge is 0.305 e. The van der Waals surface area contributed by atoms with Gasteiger partial charge in [0.25, 0.3) is 0 Å². The summed E-state index contributed by atoms with van der Waals surface area (Å²) in [5.41, 5.74) is 5.95. The minimum atomic E-state index is -1.02. The van der Waals surface area contributed by atoms with E-state index in [1.807, 2.05) is 0 Å². The highest BCUT2D eigenvalue weighted by Crippen LogP contribution is 2.20. The molecule has 5 heteroatoms. The molecule has 0 aliphatic heterocycles. The van der Waals surface area contributed by atoms with Crippen LogP contribution in [0.2, 0.25) is 5.02 Å². The van der Waals surface area contributed by atoms with Crippen LogP contribution in [0.5, 0.6) is 0 Å². The van der Waals surface area contributed by atoms with E-state index in [2.05, 4.69) is 0 Å².